The first-order valence-corrected chi connectivity index (χ1v) is 6.88. The van der Waals surface area contributed by atoms with Gasteiger partial charge in [0.15, 0.2) is 0 Å². The van der Waals surface area contributed by atoms with Crippen LogP contribution >= 0.6 is 0 Å². The average molecular weight is 274 g/mol. The number of carbonyl (C=O) groups excluding carboxylic acids is 1. The first-order chi connectivity index (χ1) is 9.39. The molecule has 4 nitrogen and oxygen atoms in total. The van der Waals surface area contributed by atoms with Crippen LogP contribution in [-0.2, 0) is 11.2 Å². The van der Waals surface area contributed by atoms with Crippen LogP contribution < -0.4 is 11.1 Å². The number of para-hydroxylation sites is 1. The van der Waals surface area contributed by atoms with Gasteiger partial charge in [0, 0.05) is 23.9 Å². The third-order valence-corrected chi connectivity index (χ3v) is 3.08. The monoisotopic (exact) mass is 274 g/mol. The number of furan rings is 1. The van der Waals surface area contributed by atoms with Crippen molar-refractivity contribution in [2.75, 3.05) is 6.54 Å². The molecule has 1 atom stereocenters. The van der Waals surface area contributed by atoms with Crippen molar-refractivity contribution in [3.05, 3.63) is 36.1 Å². The van der Waals surface area contributed by atoms with Gasteiger partial charge < -0.3 is 15.5 Å². The van der Waals surface area contributed by atoms with Crippen molar-refractivity contribution in [1.82, 2.24) is 5.32 Å². The largest absolute Gasteiger partial charge is 0.461 e. The number of fused-ring (bicyclic) bond motifs is 1. The second-order valence-corrected chi connectivity index (χ2v) is 6.13. The first-order valence-electron chi connectivity index (χ1n) is 6.88. The van der Waals surface area contributed by atoms with Crippen molar-refractivity contribution in [3.8, 4) is 0 Å². The molecule has 0 fully saturated rings. The molecule has 0 saturated carbocycles. The lowest BCUT2D eigenvalue weighted by molar-refractivity contribution is -0.126. The highest BCUT2D eigenvalue weighted by atomic mass is 16.3. The van der Waals surface area contributed by atoms with E-state index in [0.717, 1.165) is 16.7 Å². The Morgan fingerprint density at radius 3 is 2.65 bits per heavy atom. The van der Waals surface area contributed by atoms with Gasteiger partial charge in [0.05, 0.1) is 5.92 Å². The van der Waals surface area contributed by atoms with E-state index in [2.05, 4.69) is 5.32 Å². The lowest BCUT2D eigenvalue weighted by Gasteiger charge is -2.23. The van der Waals surface area contributed by atoms with E-state index < -0.39 is 0 Å². The number of hydrogen-bond donors (Lipinski definition) is 2. The summed E-state index contributed by atoms with van der Waals surface area (Å²) in [4.78, 5) is 12.2. The predicted octanol–water partition coefficient (Wildman–Crippen LogP) is 2.46. The molecule has 4 heteroatoms. The summed E-state index contributed by atoms with van der Waals surface area (Å²) in [5, 5.41) is 4.01. The fraction of sp³-hybridized carbons (Fsp3) is 0.438. The maximum atomic E-state index is 12.2. The van der Waals surface area contributed by atoms with Crippen LogP contribution in [0.3, 0.4) is 0 Å². The summed E-state index contributed by atoms with van der Waals surface area (Å²) in [6.45, 7) is 6.18. The molecule has 108 valence electrons. The van der Waals surface area contributed by atoms with Gasteiger partial charge in [-0.2, -0.15) is 0 Å². The lowest BCUT2D eigenvalue weighted by atomic mass is 10.0. The van der Waals surface area contributed by atoms with Crippen molar-refractivity contribution < 1.29 is 9.21 Å². The smallest absolute Gasteiger partial charge is 0.225 e. The molecule has 2 rings (SSSR count). The molecule has 1 aromatic heterocycles. The summed E-state index contributed by atoms with van der Waals surface area (Å²) < 4.78 is 5.75. The van der Waals surface area contributed by atoms with Crippen LogP contribution in [0.15, 0.2) is 34.7 Å². The van der Waals surface area contributed by atoms with Gasteiger partial charge in [-0.1, -0.05) is 18.2 Å². The van der Waals surface area contributed by atoms with E-state index in [1.54, 1.807) is 0 Å². The topological polar surface area (TPSA) is 68.3 Å². The highest BCUT2D eigenvalue weighted by molar-refractivity contribution is 5.81. The Balaban J connectivity index is 2.11. The summed E-state index contributed by atoms with van der Waals surface area (Å²) in [7, 11) is 0. The molecule has 0 bridgehead atoms. The Labute approximate surface area is 119 Å². The molecule has 0 aliphatic rings. The van der Waals surface area contributed by atoms with E-state index in [1.807, 2.05) is 51.1 Å². The van der Waals surface area contributed by atoms with Gasteiger partial charge in [-0.15, -0.1) is 0 Å². The maximum absolute atomic E-state index is 12.2. The number of carbonyl (C=O) groups is 1. The predicted molar refractivity (Wildman–Crippen MR) is 80.4 cm³/mol. The van der Waals surface area contributed by atoms with Crippen molar-refractivity contribution in [2.24, 2.45) is 11.7 Å². The quantitative estimate of drug-likeness (QED) is 0.900. The minimum atomic E-state index is -0.269. The lowest BCUT2D eigenvalue weighted by Crippen LogP contribution is -2.46. The zero-order valence-corrected chi connectivity index (χ0v) is 12.3. The zero-order valence-electron chi connectivity index (χ0n) is 12.3. The molecular weight excluding hydrogens is 252 g/mol. The number of nitrogens with one attached hydrogen (secondary N) is 1. The van der Waals surface area contributed by atoms with Crippen LogP contribution in [-0.4, -0.2) is 18.0 Å². The summed E-state index contributed by atoms with van der Waals surface area (Å²) >= 11 is 0. The first kappa shape index (κ1) is 14.6. The average Bonchev–Trinajstić information content (AvgIpc) is 2.75. The number of rotatable bonds is 4. The molecule has 1 amide bonds. The van der Waals surface area contributed by atoms with Crippen LogP contribution in [0.1, 0.15) is 26.5 Å². The van der Waals surface area contributed by atoms with Gasteiger partial charge in [0.1, 0.15) is 11.3 Å². The Kier molecular flexibility index (Phi) is 4.14. The molecule has 0 radical (unpaired) electrons. The number of benzene rings is 1. The minimum absolute atomic E-state index is 0.0274. The number of hydrogen-bond acceptors (Lipinski definition) is 3. The van der Waals surface area contributed by atoms with E-state index in [9.17, 15) is 4.79 Å². The van der Waals surface area contributed by atoms with Crippen LogP contribution in [0.2, 0.25) is 0 Å². The third-order valence-electron chi connectivity index (χ3n) is 3.08. The molecular formula is C16H22N2O2. The maximum Gasteiger partial charge on any atom is 0.225 e. The van der Waals surface area contributed by atoms with Crippen LogP contribution in [0, 0.1) is 5.92 Å². The Hall–Kier alpha value is -1.81. The second-order valence-electron chi connectivity index (χ2n) is 6.13. The van der Waals surface area contributed by atoms with Crippen LogP contribution in [0.5, 0.6) is 0 Å². The van der Waals surface area contributed by atoms with Crippen molar-refractivity contribution in [3.63, 3.8) is 0 Å². The summed E-state index contributed by atoms with van der Waals surface area (Å²) in [6.07, 6.45) is 0.521. The molecule has 0 aliphatic carbocycles. The molecule has 3 N–H and O–H groups in total. The van der Waals surface area contributed by atoms with E-state index in [-0.39, 0.29) is 17.4 Å². The highest BCUT2D eigenvalue weighted by Gasteiger charge is 2.23. The van der Waals surface area contributed by atoms with Gasteiger partial charge in [0.25, 0.3) is 0 Å². The molecule has 0 saturated heterocycles. The summed E-state index contributed by atoms with van der Waals surface area (Å²) in [6, 6.07) is 9.79. The third kappa shape index (κ3) is 3.61. The van der Waals surface area contributed by atoms with Gasteiger partial charge >= 0.3 is 0 Å². The number of nitrogens with two attached hydrogens (primary N) is 1. The van der Waals surface area contributed by atoms with Gasteiger partial charge in [-0.05, 0) is 32.9 Å². The fourth-order valence-electron chi connectivity index (χ4n) is 2.14. The molecule has 1 aromatic carbocycles. The highest BCUT2D eigenvalue weighted by Crippen LogP contribution is 2.21. The second kappa shape index (κ2) is 5.67. The van der Waals surface area contributed by atoms with Crippen molar-refractivity contribution in [2.45, 2.75) is 32.7 Å². The fourth-order valence-corrected chi connectivity index (χ4v) is 2.14. The van der Waals surface area contributed by atoms with Gasteiger partial charge in [-0.3, -0.25) is 4.79 Å². The SMILES string of the molecule is CC(C)(C)NC(=O)C(CN)Cc1cc2ccccc2o1. The molecule has 1 heterocycles. The molecule has 1 unspecified atom stereocenters. The van der Waals surface area contributed by atoms with E-state index in [1.165, 1.54) is 0 Å². The van der Waals surface area contributed by atoms with Crippen molar-refractivity contribution in [1.29, 1.82) is 0 Å². The van der Waals surface area contributed by atoms with Crippen molar-refractivity contribution >= 4 is 16.9 Å². The van der Waals surface area contributed by atoms with Gasteiger partial charge in [0.2, 0.25) is 5.91 Å². The summed E-state index contributed by atoms with van der Waals surface area (Å²) in [5.41, 5.74) is 6.32. The Bertz CT molecular complexity index is 563. The van der Waals surface area contributed by atoms with E-state index in [4.69, 9.17) is 10.2 Å². The molecule has 20 heavy (non-hydrogen) atoms. The molecule has 0 aliphatic heterocycles. The van der Waals surface area contributed by atoms with Crippen LogP contribution in [0.25, 0.3) is 11.0 Å². The molecule has 0 spiro atoms. The summed E-state index contributed by atoms with van der Waals surface area (Å²) in [5.74, 6) is 0.501. The zero-order chi connectivity index (χ0) is 14.8. The van der Waals surface area contributed by atoms with Gasteiger partial charge in [-0.25, -0.2) is 0 Å². The van der Waals surface area contributed by atoms with E-state index in [0.29, 0.717) is 13.0 Å². The Morgan fingerprint density at radius 2 is 2.05 bits per heavy atom. The van der Waals surface area contributed by atoms with Crippen LogP contribution in [0.4, 0.5) is 0 Å². The minimum Gasteiger partial charge on any atom is -0.461 e. The standard InChI is InChI=1S/C16H22N2O2/c1-16(2,3)18-15(19)12(10-17)9-13-8-11-6-4-5-7-14(11)20-13/h4-8,12H,9-10,17H2,1-3H3,(H,18,19). The number of amides is 1. The molecule has 2 aromatic rings. The van der Waals surface area contributed by atoms with E-state index >= 15 is 0 Å². The Morgan fingerprint density at radius 1 is 1.35 bits per heavy atom. The normalized spacial score (nSPS) is 13.4.